The Morgan fingerprint density at radius 3 is 2.55 bits per heavy atom. The topological polar surface area (TPSA) is 29.3 Å². The molecule has 2 rings (SSSR count). The summed E-state index contributed by atoms with van der Waals surface area (Å²) in [4.78, 5) is 2.05. The summed E-state index contributed by atoms with van der Waals surface area (Å²) in [6.45, 7) is 2.60. The predicted octanol–water partition coefficient (Wildman–Crippen LogP) is 3.05. The SMILES string of the molecule is Cl.NCC1CCN(Cc2ccc(F)c(C(F)(F)F)c2)C1. The number of halogens is 5. The zero-order valence-corrected chi connectivity index (χ0v) is 11.6. The molecule has 2 N–H and O–H groups in total. The third-order valence-corrected chi connectivity index (χ3v) is 3.45. The fraction of sp³-hybridized carbons (Fsp3) is 0.538. The summed E-state index contributed by atoms with van der Waals surface area (Å²) in [6, 6.07) is 3.18. The molecule has 0 radical (unpaired) electrons. The van der Waals surface area contributed by atoms with Gasteiger partial charge in [0.2, 0.25) is 0 Å². The van der Waals surface area contributed by atoms with Crippen molar-refractivity contribution in [3.63, 3.8) is 0 Å². The molecule has 0 saturated carbocycles. The van der Waals surface area contributed by atoms with Gasteiger partial charge in [0, 0.05) is 13.1 Å². The lowest BCUT2D eigenvalue weighted by Gasteiger charge is -2.17. The molecule has 2 nitrogen and oxygen atoms in total. The highest BCUT2D eigenvalue weighted by atomic mass is 35.5. The van der Waals surface area contributed by atoms with Crippen LogP contribution in [0.15, 0.2) is 18.2 Å². The molecule has 1 saturated heterocycles. The second-order valence-corrected chi connectivity index (χ2v) is 4.94. The van der Waals surface area contributed by atoms with E-state index in [0.717, 1.165) is 31.6 Å². The van der Waals surface area contributed by atoms with Crippen LogP contribution < -0.4 is 5.73 Å². The van der Waals surface area contributed by atoms with Crippen LogP contribution >= 0.6 is 12.4 Å². The second kappa shape index (κ2) is 6.74. The van der Waals surface area contributed by atoms with Crippen molar-refractivity contribution in [3.8, 4) is 0 Å². The quantitative estimate of drug-likeness (QED) is 0.869. The van der Waals surface area contributed by atoms with E-state index in [0.29, 0.717) is 24.6 Å². The highest BCUT2D eigenvalue weighted by Gasteiger charge is 2.34. The zero-order chi connectivity index (χ0) is 14.0. The van der Waals surface area contributed by atoms with Crippen LogP contribution in [-0.4, -0.2) is 24.5 Å². The molecule has 1 aliphatic rings. The Hall–Kier alpha value is -0.850. The monoisotopic (exact) mass is 312 g/mol. The lowest BCUT2D eigenvalue weighted by Crippen LogP contribution is -2.23. The van der Waals surface area contributed by atoms with Crippen LogP contribution in [0.1, 0.15) is 17.5 Å². The normalized spacial score (nSPS) is 19.9. The van der Waals surface area contributed by atoms with Crippen LogP contribution in [0.3, 0.4) is 0 Å². The molecule has 1 heterocycles. The first-order chi connectivity index (χ1) is 8.90. The Balaban J connectivity index is 0.00000200. The van der Waals surface area contributed by atoms with Gasteiger partial charge in [-0.2, -0.15) is 13.2 Å². The van der Waals surface area contributed by atoms with Crippen molar-refractivity contribution in [2.45, 2.75) is 19.1 Å². The van der Waals surface area contributed by atoms with E-state index in [2.05, 4.69) is 0 Å². The summed E-state index contributed by atoms with van der Waals surface area (Å²) >= 11 is 0. The number of nitrogens with two attached hydrogens (primary N) is 1. The van der Waals surface area contributed by atoms with Crippen LogP contribution in [0, 0.1) is 11.7 Å². The lowest BCUT2D eigenvalue weighted by atomic mass is 10.1. The summed E-state index contributed by atoms with van der Waals surface area (Å²) in [6.07, 6.45) is -3.69. The number of alkyl halides is 3. The molecular weight excluding hydrogens is 296 g/mol. The van der Waals surface area contributed by atoms with Gasteiger partial charge in [0.15, 0.2) is 0 Å². The van der Waals surface area contributed by atoms with Crippen molar-refractivity contribution in [1.29, 1.82) is 0 Å². The summed E-state index contributed by atoms with van der Waals surface area (Å²) in [5.74, 6) is -0.819. The second-order valence-electron chi connectivity index (χ2n) is 4.94. The first-order valence-electron chi connectivity index (χ1n) is 6.18. The molecule has 1 atom stereocenters. The van der Waals surface area contributed by atoms with Crippen LogP contribution in [0.2, 0.25) is 0 Å². The fourth-order valence-electron chi connectivity index (χ4n) is 2.40. The minimum Gasteiger partial charge on any atom is -0.330 e. The Kier molecular flexibility index (Phi) is 5.79. The van der Waals surface area contributed by atoms with Crippen LogP contribution in [0.25, 0.3) is 0 Å². The van der Waals surface area contributed by atoms with Crippen molar-refractivity contribution in [1.82, 2.24) is 4.90 Å². The molecule has 1 aliphatic heterocycles. The van der Waals surface area contributed by atoms with Crippen molar-refractivity contribution in [2.24, 2.45) is 11.7 Å². The first-order valence-corrected chi connectivity index (χ1v) is 6.18. The van der Waals surface area contributed by atoms with Crippen molar-refractivity contribution < 1.29 is 17.6 Å². The average Bonchev–Trinajstić information content (AvgIpc) is 2.78. The van der Waals surface area contributed by atoms with Crippen molar-refractivity contribution in [3.05, 3.63) is 35.1 Å². The molecular formula is C13H17ClF4N2. The van der Waals surface area contributed by atoms with E-state index in [4.69, 9.17) is 5.73 Å². The largest absolute Gasteiger partial charge is 0.419 e. The third-order valence-electron chi connectivity index (χ3n) is 3.45. The Morgan fingerprint density at radius 2 is 2.00 bits per heavy atom. The van der Waals surface area contributed by atoms with E-state index in [9.17, 15) is 17.6 Å². The van der Waals surface area contributed by atoms with Crippen molar-refractivity contribution in [2.75, 3.05) is 19.6 Å². The Morgan fingerprint density at radius 1 is 1.30 bits per heavy atom. The maximum absolute atomic E-state index is 13.1. The van der Waals surface area contributed by atoms with Gasteiger partial charge < -0.3 is 5.73 Å². The highest BCUT2D eigenvalue weighted by molar-refractivity contribution is 5.85. The van der Waals surface area contributed by atoms with Gasteiger partial charge in [-0.25, -0.2) is 4.39 Å². The Labute approximate surface area is 121 Å². The molecule has 0 aromatic heterocycles. The Bertz CT molecular complexity index is 450. The van der Waals surface area contributed by atoms with Gasteiger partial charge in [-0.15, -0.1) is 12.4 Å². The number of benzene rings is 1. The smallest absolute Gasteiger partial charge is 0.330 e. The zero-order valence-electron chi connectivity index (χ0n) is 10.8. The van der Waals surface area contributed by atoms with Gasteiger partial charge in [0.25, 0.3) is 0 Å². The van der Waals surface area contributed by atoms with E-state index in [1.165, 1.54) is 6.07 Å². The molecule has 0 spiro atoms. The summed E-state index contributed by atoms with van der Waals surface area (Å²) < 4.78 is 50.9. The van der Waals surface area contributed by atoms with E-state index < -0.39 is 17.6 Å². The first kappa shape index (κ1) is 17.2. The predicted molar refractivity (Wildman–Crippen MR) is 71.1 cm³/mol. The molecule has 0 bridgehead atoms. The van der Waals surface area contributed by atoms with E-state index in [1.54, 1.807) is 0 Å². The van der Waals surface area contributed by atoms with Crippen molar-refractivity contribution >= 4 is 12.4 Å². The minimum absolute atomic E-state index is 0. The maximum atomic E-state index is 13.1. The van der Waals surface area contributed by atoms with E-state index >= 15 is 0 Å². The van der Waals surface area contributed by atoms with Crippen LogP contribution in [0.4, 0.5) is 17.6 Å². The van der Waals surface area contributed by atoms with Crippen LogP contribution in [0.5, 0.6) is 0 Å². The number of likely N-dealkylation sites (tertiary alicyclic amines) is 1. The lowest BCUT2D eigenvalue weighted by molar-refractivity contribution is -0.140. The fourth-order valence-corrected chi connectivity index (χ4v) is 2.40. The molecule has 1 aromatic carbocycles. The third kappa shape index (κ3) is 4.07. The molecule has 20 heavy (non-hydrogen) atoms. The highest BCUT2D eigenvalue weighted by Crippen LogP contribution is 2.32. The average molecular weight is 313 g/mol. The number of hydrogen-bond donors (Lipinski definition) is 1. The molecule has 1 unspecified atom stereocenters. The van der Waals surface area contributed by atoms with Gasteiger partial charge in [0.1, 0.15) is 5.82 Å². The molecule has 114 valence electrons. The summed E-state index contributed by atoms with van der Waals surface area (Å²) in [5, 5.41) is 0. The minimum atomic E-state index is -4.65. The molecule has 0 amide bonds. The van der Waals surface area contributed by atoms with E-state index in [-0.39, 0.29) is 12.4 Å². The maximum Gasteiger partial charge on any atom is 0.419 e. The molecule has 1 aromatic rings. The van der Waals surface area contributed by atoms with Gasteiger partial charge in [0.05, 0.1) is 5.56 Å². The number of rotatable bonds is 3. The number of nitrogens with zero attached hydrogens (tertiary/aromatic N) is 1. The summed E-state index contributed by atoms with van der Waals surface area (Å²) in [7, 11) is 0. The standard InChI is InChI=1S/C13H16F4N2.ClH/c14-12-2-1-9(5-11(12)13(15,16)17)7-19-4-3-10(6-18)8-19;/h1-2,5,10H,3-4,6-8,18H2;1H. The van der Waals surface area contributed by atoms with Gasteiger partial charge in [-0.1, -0.05) is 6.07 Å². The summed E-state index contributed by atoms with van der Waals surface area (Å²) in [5.41, 5.74) is 4.85. The van der Waals surface area contributed by atoms with Gasteiger partial charge >= 0.3 is 6.18 Å². The molecule has 1 fully saturated rings. The van der Waals surface area contributed by atoms with E-state index in [1.807, 2.05) is 4.90 Å². The molecule has 7 heteroatoms. The van der Waals surface area contributed by atoms with Gasteiger partial charge in [-0.3, -0.25) is 4.90 Å². The molecule has 0 aliphatic carbocycles. The van der Waals surface area contributed by atoms with Gasteiger partial charge in [-0.05, 0) is 43.1 Å². The number of hydrogen-bond acceptors (Lipinski definition) is 2. The van der Waals surface area contributed by atoms with Crippen LogP contribution in [-0.2, 0) is 12.7 Å².